The molecular formula is C25H28N2O5S. The van der Waals surface area contributed by atoms with E-state index in [1.807, 2.05) is 12.1 Å². The molecule has 4 rings (SSSR count). The Morgan fingerprint density at radius 1 is 1.09 bits per heavy atom. The van der Waals surface area contributed by atoms with Crippen molar-refractivity contribution in [3.05, 3.63) is 76.1 Å². The van der Waals surface area contributed by atoms with Gasteiger partial charge in [0, 0.05) is 22.5 Å². The Morgan fingerprint density at radius 2 is 1.79 bits per heavy atom. The molecule has 1 aliphatic rings. The minimum absolute atomic E-state index is 0.0606. The van der Waals surface area contributed by atoms with Gasteiger partial charge in [0.2, 0.25) is 5.56 Å². The number of hydrogen-bond donors (Lipinski definition) is 3. The molecule has 1 aromatic heterocycles. The molecule has 8 heteroatoms. The van der Waals surface area contributed by atoms with Crippen LogP contribution in [0.1, 0.15) is 62.5 Å². The first-order chi connectivity index (χ1) is 15.7. The van der Waals surface area contributed by atoms with Crippen LogP contribution in [-0.2, 0) is 15.1 Å². The highest BCUT2D eigenvalue weighted by atomic mass is 32.2. The average Bonchev–Trinajstić information content (AvgIpc) is 2.82. The zero-order valence-corrected chi connectivity index (χ0v) is 19.3. The number of benzene rings is 2. The van der Waals surface area contributed by atoms with Crippen molar-refractivity contribution in [1.82, 2.24) is 4.98 Å². The number of rotatable bonds is 7. The average molecular weight is 469 g/mol. The summed E-state index contributed by atoms with van der Waals surface area (Å²) in [5, 5.41) is 9.15. The number of aromatic amines is 1. The Labute approximate surface area is 193 Å². The van der Waals surface area contributed by atoms with E-state index in [9.17, 15) is 17.8 Å². The zero-order chi connectivity index (χ0) is 23.6. The van der Waals surface area contributed by atoms with Gasteiger partial charge in [-0.1, -0.05) is 50.5 Å². The van der Waals surface area contributed by atoms with Crippen LogP contribution in [0.4, 0.5) is 0 Å². The summed E-state index contributed by atoms with van der Waals surface area (Å²) in [6.45, 7) is 1.65. The second kappa shape index (κ2) is 9.11. The molecule has 1 unspecified atom stereocenters. The standard InChI is InChI=1S/C25H28N2O5S/c1-2-23(26)25(33(29,30)31,20-11-8-18(9-12-20)17-6-4-3-5-7-17)32-21-13-14-22-19(16-21)10-15-24(28)27-22/h8-17,26H,2-7H2,1H3,(H,27,28)(H,29,30,31). The second-order valence-electron chi connectivity index (χ2n) is 8.55. The van der Waals surface area contributed by atoms with Crippen molar-refractivity contribution in [2.75, 3.05) is 0 Å². The third-order valence-electron chi connectivity index (χ3n) is 6.44. The van der Waals surface area contributed by atoms with Gasteiger partial charge in [-0.05, 0) is 55.0 Å². The van der Waals surface area contributed by atoms with Crippen LogP contribution in [0.15, 0.2) is 59.4 Å². The van der Waals surface area contributed by atoms with E-state index in [1.54, 1.807) is 37.3 Å². The smallest absolute Gasteiger partial charge is 0.316 e. The number of nitrogens with one attached hydrogen (secondary N) is 2. The highest BCUT2D eigenvalue weighted by Gasteiger charge is 2.51. The van der Waals surface area contributed by atoms with Gasteiger partial charge in [0.05, 0.1) is 5.71 Å². The summed E-state index contributed by atoms with van der Waals surface area (Å²) in [7, 11) is -4.89. The first-order valence-corrected chi connectivity index (χ1v) is 12.7. The molecule has 7 nitrogen and oxygen atoms in total. The summed E-state index contributed by atoms with van der Waals surface area (Å²) in [4.78, 5) is 11.9. The molecule has 2 aromatic carbocycles. The Balaban J connectivity index is 1.79. The number of H-pyrrole nitrogens is 1. The Morgan fingerprint density at radius 3 is 2.42 bits per heavy atom. The molecule has 1 saturated carbocycles. The van der Waals surface area contributed by atoms with E-state index in [0.717, 1.165) is 18.4 Å². The molecule has 0 bridgehead atoms. The predicted octanol–water partition coefficient (Wildman–Crippen LogP) is 5.13. The van der Waals surface area contributed by atoms with Gasteiger partial charge in [-0.15, -0.1) is 0 Å². The lowest BCUT2D eigenvalue weighted by Gasteiger charge is -2.32. The fourth-order valence-corrected chi connectivity index (χ4v) is 5.75. The van der Waals surface area contributed by atoms with Crippen LogP contribution in [0, 0.1) is 5.41 Å². The summed E-state index contributed by atoms with van der Waals surface area (Å²) in [6, 6.07) is 14.7. The van der Waals surface area contributed by atoms with Crippen molar-refractivity contribution < 1.29 is 17.7 Å². The van der Waals surface area contributed by atoms with Gasteiger partial charge in [-0.3, -0.25) is 9.35 Å². The lowest BCUT2D eigenvalue weighted by molar-refractivity contribution is 0.205. The molecule has 0 aliphatic heterocycles. The highest BCUT2D eigenvalue weighted by Crippen LogP contribution is 2.38. The van der Waals surface area contributed by atoms with Gasteiger partial charge in [-0.2, -0.15) is 8.42 Å². The lowest BCUT2D eigenvalue weighted by Crippen LogP contribution is -2.48. The number of hydrogen-bond acceptors (Lipinski definition) is 5. The van der Waals surface area contributed by atoms with Gasteiger partial charge >= 0.3 is 10.1 Å². The van der Waals surface area contributed by atoms with Gasteiger partial charge < -0.3 is 15.1 Å². The number of aromatic nitrogens is 1. The molecule has 3 N–H and O–H groups in total. The summed E-state index contributed by atoms with van der Waals surface area (Å²) in [5.74, 6) is 0.587. The molecule has 1 aliphatic carbocycles. The van der Waals surface area contributed by atoms with Gasteiger partial charge in [0.15, 0.2) is 0 Å². The van der Waals surface area contributed by atoms with E-state index in [4.69, 9.17) is 10.1 Å². The van der Waals surface area contributed by atoms with Crippen molar-refractivity contribution >= 4 is 26.7 Å². The minimum Gasteiger partial charge on any atom is -0.459 e. The quantitative estimate of drug-likeness (QED) is 0.328. The summed E-state index contributed by atoms with van der Waals surface area (Å²) in [5.41, 5.74) is 1.33. The molecule has 0 amide bonds. The fourth-order valence-electron chi connectivity index (χ4n) is 4.66. The topological polar surface area (TPSA) is 120 Å². The van der Waals surface area contributed by atoms with Crippen LogP contribution in [-0.4, -0.2) is 23.7 Å². The van der Waals surface area contributed by atoms with E-state index in [0.29, 0.717) is 16.8 Å². The number of fused-ring (bicyclic) bond motifs is 1. The normalized spacial score (nSPS) is 16.9. The van der Waals surface area contributed by atoms with Crippen LogP contribution in [0.3, 0.4) is 0 Å². The van der Waals surface area contributed by atoms with E-state index in [-0.39, 0.29) is 29.0 Å². The van der Waals surface area contributed by atoms with E-state index in [1.165, 1.54) is 31.4 Å². The fraction of sp³-hybridized carbons (Fsp3) is 0.360. The van der Waals surface area contributed by atoms with Crippen LogP contribution >= 0.6 is 0 Å². The third kappa shape index (κ3) is 4.45. The second-order valence-corrected chi connectivity index (χ2v) is 10.1. The van der Waals surface area contributed by atoms with Crippen molar-refractivity contribution in [1.29, 1.82) is 5.41 Å². The molecule has 0 spiro atoms. The predicted molar refractivity (Wildman–Crippen MR) is 129 cm³/mol. The first kappa shape index (κ1) is 23.2. The van der Waals surface area contributed by atoms with Crippen molar-refractivity contribution in [2.24, 2.45) is 0 Å². The molecular weight excluding hydrogens is 440 g/mol. The SMILES string of the molecule is CCC(=N)C(Oc1ccc2[nH]c(=O)ccc2c1)(c1ccc(C2CCCCC2)cc1)S(=O)(=O)O. The maximum Gasteiger partial charge on any atom is 0.316 e. The number of ether oxygens (including phenoxy) is 1. The summed E-state index contributed by atoms with van der Waals surface area (Å²) in [6.07, 6.45) is 5.86. The maximum atomic E-state index is 12.8. The van der Waals surface area contributed by atoms with Crippen molar-refractivity contribution in [2.45, 2.75) is 56.3 Å². The monoisotopic (exact) mass is 468 g/mol. The number of pyridine rings is 1. The molecule has 1 atom stereocenters. The zero-order valence-electron chi connectivity index (χ0n) is 18.5. The Bertz CT molecular complexity index is 1320. The van der Waals surface area contributed by atoms with E-state index < -0.39 is 15.1 Å². The van der Waals surface area contributed by atoms with Gasteiger partial charge in [0.25, 0.3) is 4.93 Å². The van der Waals surface area contributed by atoms with Crippen molar-refractivity contribution in [3.63, 3.8) is 0 Å². The molecule has 0 radical (unpaired) electrons. The lowest BCUT2D eigenvalue weighted by atomic mass is 9.83. The Kier molecular flexibility index (Phi) is 6.41. The van der Waals surface area contributed by atoms with Crippen LogP contribution in [0.25, 0.3) is 10.9 Å². The molecule has 3 aromatic rings. The van der Waals surface area contributed by atoms with Gasteiger partial charge in [0.1, 0.15) is 5.75 Å². The van der Waals surface area contributed by atoms with E-state index >= 15 is 0 Å². The molecule has 1 fully saturated rings. The van der Waals surface area contributed by atoms with Crippen LogP contribution < -0.4 is 10.3 Å². The summed E-state index contributed by atoms with van der Waals surface area (Å²) >= 11 is 0. The summed E-state index contributed by atoms with van der Waals surface area (Å²) < 4.78 is 41.9. The largest absolute Gasteiger partial charge is 0.459 e. The van der Waals surface area contributed by atoms with Crippen LogP contribution in [0.2, 0.25) is 0 Å². The molecule has 0 saturated heterocycles. The highest BCUT2D eigenvalue weighted by molar-refractivity contribution is 7.87. The first-order valence-electron chi connectivity index (χ1n) is 11.2. The third-order valence-corrected chi connectivity index (χ3v) is 7.73. The molecule has 33 heavy (non-hydrogen) atoms. The van der Waals surface area contributed by atoms with Gasteiger partial charge in [-0.25, -0.2) is 0 Å². The minimum atomic E-state index is -4.89. The maximum absolute atomic E-state index is 12.8. The van der Waals surface area contributed by atoms with E-state index in [2.05, 4.69) is 4.98 Å². The van der Waals surface area contributed by atoms with Crippen molar-refractivity contribution in [3.8, 4) is 5.75 Å². The molecule has 1 heterocycles. The Hall–Kier alpha value is -2.97. The molecule has 174 valence electrons. The van der Waals surface area contributed by atoms with Crippen LogP contribution in [0.5, 0.6) is 5.75 Å².